The van der Waals surface area contributed by atoms with Gasteiger partial charge in [-0.3, -0.25) is 9.69 Å². The first-order valence-corrected chi connectivity index (χ1v) is 10.2. The lowest BCUT2D eigenvalue weighted by Gasteiger charge is -2.36. The lowest BCUT2D eigenvalue weighted by atomic mass is 9.73. The van der Waals surface area contributed by atoms with Crippen LogP contribution >= 0.6 is 0 Å². The van der Waals surface area contributed by atoms with Crippen molar-refractivity contribution in [2.75, 3.05) is 26.7 Å². The highest BCUT2D eigenvalue weighted by molar-refractivity contribution is 5.77. The number of carbonyl (C=O) groups is 1. The molecule has 1 aromatic rings. The summed E-state index contributed by atoms with van der Waals surface area (Å²) in [6, 6.07) is 11.1. The summed E-state index contributed by atoms with van der Waals surface area (Å²) in [7, 11) is 1.53. The van der Waals surface area contributed by atoms with Crippen LogP contribution < -0.4 is 5.32 Å². The third kappa shape index (κ3) is 4.66. The molecule has 2 fully saturated rings. The molecule has 1 aliphatic heterocycles. The van der Waals surface area contributed by atoms with E-state index in [1.165, 1.54) is 25.5 Å². The molecule has 1 N–H and O–H groups in total. The lowest BCUT2D eigenvalue weighted by Crippen LogP contribution is -2.47. The molecule has 1 aliphatic carbocycles. The Bertz CT molecular complexity index is 569. The van der Waals surface area contributed by atoms with E-state index >= 15 is 0 Å². The zero-order chi connectivity index (χ0) is 18.4. The maximum absolute atomic E-state index is 12.4. The molecule has 1 saturated heterocycles. The average Bonchev–Trinajstić information content (AvgIpc) is 3.15. The number of methoxy groups -OCH3 is 1. The van der Waals surface area contributed by atoms with Crippen molar-refractivity contribution in [1.82, 2.24) is 10.2 Å². The molecule has 0 aromatic heterocycles. The van der Waals surface area contributed by atoms with Gasteiger partial charge in [0.15, 0.2) is 0 Å². The molecular weight excluding hydrogens is 324 g/mol. The molecule has 0 spiro atoms. The van der Waals surface area contributed by atoms with E-state index in [2.05, 4.69) is 47.5 Å². The Morgan fingerprint density at radius 1 is 1.27 bits per heavy atom. The zero-order valence-electron chi connectivity index (χ0n) is 16.4. The molecule has 0 bridgehead atoms. The van der Waals surface area contributed by atoms with Crippen molar-refractivity contribution in [3.8, 4) is 0 Å². The summed E-state index contributed by atoms with van der Waals surface area (Å²) in [5, 5.41) is 3.71. The number of hydrogen-bond acceptors (Lipinski definition) is 4. The van der Waals surface area contributed by atoms with Gasteiger partial charge < -0.3 is 10.1 Å². The van der Waals surface area contributed by atoms with Gasteiger partial charge in [0.2, 0.25) is 0 Å². The summed E-state index contributed by atoms with van der Waals surface area (Å²) in [4.78, 5) is 15.0. The Labute approximate surface area is 158 Å². The molecule has 0 unspecified atom stereocenters. The molecule has 2 atom stereocenters. The first-order chi connectivity index (χ1) is 12.6. The molecule has 144 valence electrons. The second kappa shape index (κ2) is 9.01. The third-order valence-corrected chi connectivity index (χ3v) is 6.46. The van der Waals surface area contributed by atoms with Gasteiger partial charge in [0.25, 0.3) is 0 Å². The molecule has 0 amide bonds. The number of esters is 1. The fraction of sp³-hybridized carbons (Fsp3) is 0.682. The van der Waals surface area contributed by atoms with E-state index in [0.717, 1.165) is 51.9 Å². The number of hydrogen-bond donors (Lipinski definition) is 1. The summed E-state index contributed by atoms with van der Waals surface area (Å²) in [5.41, 5.74) is 1.09. The van der Waals surface area contributed by atoms with Gasteiger partial charge in [0.1, 0.15) is 0 Å². The van der Waals surface area contributed by atoms with Crippen molar-refractivity contribution in [3.63, 3.8) is 0 Å². The summed E-state index contributed by atoms with van der Waals surface area (Å²) in [6.45, 7) is 6.37. The van der Waals surface area contributed by atoms with Gasteiger partial charge in [-0.15, -0.1) is 0 Å². The Kier molecular flexibility index (Phi) is 6.71. The van der Waals surface area contributed by atoms with Crippen LogP contribution in [0.15, 0.2) is 30.3 Å². The van der Waals surface area contributed by atoms with Crippen molar-refractivity contribution in [1.29, 1.82) is 0 Å². The Balaban J connectivity index is 1.50. The summed E-state index contributed by atoms with van der Waals surface area (Å²) in [5.74, 6) is 0.631. The first-order valence-electron chi connectivity index (χ1n) is 10.2. The molecule has 4 nitrogen and oxygen atoms in total. The van der Waals surface area contributed by atoms with E-state index in [1.54, 1.807) is 0 Å². The van der Waals surface area contributed by atoms with Crippen molar-refractivity contribution in [3.05, 3.63) is 35.9 Å². The number of ether oxygens (including phenoxy) is 1. The van der Waals surface area contributed by atoms with Gasteiger partial charge in [-0.1, -0.05) is 49.6 Å². The van der Waals surface area contributed by atoms with E-state index in [4.69, 9.17) is 4.74 Å². The predicted molar refractivity (Wildman–Crippen MR) is 105 cm³/mol. The minimum absolute atomic E-state index is 0.0194. The predicted octanol–water partition coefficient (Wildman–Crippen LogP) is 3.61. The fourth-order valence-electron chi connectivity index (χ4n) is 4.68. The third-order valence-electron chi connectivity index (χ3n) is 6.46. The Hall–Kier alpha value is -1.39. The number of benzene rings is 1. The molecular formula is C22H34N2O2. The van der Waals surface area contributed by atoms with Crippen LogP contribution in [-0.2, 0) is 16.1 Å². The SMILES string of the molecule is COC(=O)C1(CN[C@@H](C)[C@H]2CCN(Cc3ccccc3)C2)CCCCC1. The van der Waals surface area contributed by atoms with Crippen LogP contribution in [-0.4, -0.2) is 43.7 Å². The number of carbonyl (C=O) groups excluding carboxylic acids is 1. The van der Waals surface area contributed by atoms with Crippen molar-refractivity contribution < 1.29 is 9.53 Å². The summed E-state index contributed by atoms with van der Waals surface area (Å²) < 4.78 is 5.15. The molecule has 1 saturated carbocycles. The van der Waals surface area contributed by atoms with Crippen molar-refractivity contribution in [2.24, 2.45) is 11.3 Å². The highest BCUT2D eigenvalue weighted by Gasteiger charge is 2.41. The highest BCUT2D eigenvalue weighted by atomic mass is 16.5. The van der Waals surface area contributed by atoms with Gasteiger partial charge in [0, 0.05) is 25.7 Å². The first kappa shape index (κ1) is 19.4. The number of likely N-dealkylation sites (tertiary alicyclic amines) is 1. The quantitative estimate of drug-likeness (QED) is 0.756. The lowest BCUT2D eigenvalue weighted by molar-refractivity contribution is -0.154. The topological polar surface area (TPSA) is 41.6 Å². The van der Waals surface area contributed by atoms with Crippen molar-refractivity contribution >= 4 is 5.97 Å². The Morgan fingerprint density at radius 2 is 2.00 bits per heavy atom. The van der Waals surface area contributed by atoms with Crippen LogP contribution in [0.3, 0.4) is 0 Å². The van der Waals surface area contributed by atoms with Gasteiger partial charge in [-0.25, -0.2) is 0 Å². The maximum atomic E-state index is 12.4. The summed E-state index contributed by atoms with van der Waals surface area (Å²) in [6.07, 6.45) is 6.67. The molecule has 2 aliphatic rings. The minimum atomic E-state index is -0.302. The Morgan fingerprint density at radius 3 is 2.69 bits per heavy atom. The van der Waals surface area contributed by atoms with Crippen LogP contribution in [0.5, 0.6) is 0 Å². The van der Waals surface area contributed by atoms with Gasteiger partial charge in [-0.05, 0) is 44.2 Å². The monoisotopic (exact) mass is 358 g/mol. The number of rotatable bonds is 7. The molecule has 3 rings (SSSR count). The second-order valence-electron chi connectivity index (χ2n) is 8.27. The molecule has 4 heteroatoms. The molecule has 1 aromatic carbocycles. The molecule has 0 radical (unpaired) electrons. The summed E-state index contributed by atoms with van der Waals surface area (Å²) >= 11 is 0. The number of nitrogens with one attached hydrogen (secondary N) is 1. The van der Waals surface area contributed by atoms with Crippen LogP contribution in [0, 0.1) is 11.3 Å². The molecule has 26 heavy (non-hydrogen) atoms. The zero-order valence-corrected chi connectivity index (χ0v) is 16.4. The molecule has 1 heterocycles. The maximum Gasteiger partial charge on any atom is 0.313 e. The van der Waals surface area contributed by atoms with E-state index in [-0.39, 0.29) is 11.4 Å². The smallest absolute Gasteiger partial charge is 0.313 e. The van der Waals surface area contributed by atoms with Gasteiger partial charge in [0.05, 0.1) is 12.5 Å². The number of nitrogens with zero attached hydrogens (tertiary/aromatic N) is 1. The van der Waals surface area contributed by atoms with Crippen LogP contribution in [0.2, 0.25) is 0 Å². The van der Waals surface area contributed by atoms with Crippen LogP contribution in [0.4, 0.5) is 0 Å². The van der Waals surface area contributed by atoms with Gasteiger partial charge in [-0.2, -0.15) is 0 Å². The fourth-order valence-corrected chi connectivity index (χ4v) is 4.68. The van der Waals surface area contributed by atoms with E-state index < -0.39 is 0 Å². The highest BCUT2D eigenvalue weighted by Crippen LogP contribution is 2.37. The standard InChI is InChI=1S/C22H34N2O2/c1-18(23-17-22(21(25)26-2)12-7-4-8-13-22)20-11-14-24(16-20)15-19-9-5-3-6-10-19/h3,5-6,9-10,18,20,23H,4,7-8,11-17H2,1-2H3/t18-,20-/m0/s1. The second-order valence-corrected chi connectivity index (χ2v) is 8.27. The average molecular weight is 359 g/mol. The van der Waals surface area contributed by atoms with Crippen LogP contribution in [0.1, 0.15) is 51.0 Å². The minimum Gasteiger partial charge on any atom is -0.469 e. The van der Waals surface area contributed by atoms with E-state index in [9.17, 15) is 4.79 Å². The normalized spacial score (nSPS) is 24.3. The van der Waals surface area contributed by atoms with E-state index in [0.29, 0.717) is 12.0 Å². The van der Waals surface area contributed by atoms with Crippen molar-refractivity contribution in [2.45, 2.75) is 58.0 Å². The van der Waals surface area contributed by atoms with E-state index in [1.807, 2.05) is 0 Å². The van der Waals surface area contributed by atoms with Crippen LogP contribution in [0.25, 0.3) is 0 Å². The largest absolute Gasteiger partial charge is 0.469 e. The van der Waals surface area contributed by atoms with Gasteiger partial charge >= 0.3 is 5.97 Å².